The average molecular weight is 587 g/mol. The summed E-state index contributed by atoms with van der Waals surface area (Å²) in [5.41, 5.74) is 5.86. The molecule has 1 saturated heterocycles. The number of aryl methyl sites for hydroxylation is 1. The Bertz CT molecular complexity index is 1480. The van der Waals surface area contributed by atoms with E-state index in [2.05, 4.69) is 34.2 Å². The predicted octanol–water partition coefficient (Wildman–Crippen LogP) is 5.72. The van der Waals surface area contributed by atoms with E-state index < -0.39 is 12.4 Å². The molecule has 1 fully saturated rings. The third kappa shape index (κ3) is 7.65. The minimum atomic E-state index is -0.544. The van der Waals surface area contributed by atoms with Gasteiger partial charge in [-0.3, -0.25) is 0 Å². The number of hydrogen-bond acceptors (Lipinski definition) is 8. The van der Waals surface area contributed by atoms with E-state index in [-0.39, 0.29) is 25.4 Å². The molecule has 42 heavy (non-hydrogen) atoms. The summed E-state index contributed by atoms with van der Waals surface area (Å²) in [6.07, 6.45) is 2.65. The van der Waals surface area contributed by atoms with E-state index in [9.17, 15) is 9.90 Å². The summed E-state index contributed by atoms with van der Waals surface area (Å²) in [4.78, 5) is 11.8. The van der Waals surface area contributed by atoms with Crippen LogP contribution in [0.5, 0.6) is 0 Å². The number of thioether (sulfide) groups is 1. The van der Waals surface area contributed by atoms with Crippen molar-refractivity contribution in [3.8, 4) is 11.1 Å². The molecule has 9 nitrogen and oxygen atoms in total. The van der Waals surface area contributed by atoms with Gasteiger partial charge in [0.25, 0.3) is 0 Å². The highest BCUT2D eigenvalue weighted by Gasteiger charge is 2.32. The number of benzene rings is 3. The first-order chi connectivity index (χ1) is 20.5. The van der Waals surface area contributed by atoms with Gasteiger partial charge in [-0.1, -0.05) is 91.1 Å². The maximum absolute atomic E-state index is 11.8. The Balaban J connectivity index is 1.29. The molecule has 0 aliphatic carbocycles. The van der Waals surface area contributed by atoms with Gasteiger partial charge in [0.05, 0.1) is 18.8 Å². The summed E-state index contributed by atoms with van der Waals surface area (Å²) < 4.78 is 19.8. The number of carbonyl (C=O) groups is 1. The topological polar surface area (TPSA) is 108 Å². The molecule has 3 atom stereocenters. The Labute approximate surface area is 249 Å². The van der Waals surface area contributed by atoms with Gasteiger partial charge in [-0.05, 0) is 33.9 Å². The van der Waals surface area contributed by atoms with Gasteiger partial charge < -0.3 is 29.2 Å². The van der Waals surface area contributed by atoms with Crippen LogP contribution in [0.15, 0.2) is 96.9 Å². The molecule has 4 aromatic rings. The first-order valence-corrected chi connectivity index (χ1v) is 14.7. The summed E-state index contributed by atoms with van der Waals surface area (Å²) in [7, 11) is 1.92. The van der Waals surface area contributed by atoms with E-state index in [1.54, 1.807) is 18.1 Å². The van der Waals surface area contributed by atoms with E-state index in [4.69, 9.17) is 14.2 Å². The summed E-state index contributed by atoms with van der Waals surface area (Å²) in [5, 5.41) is 21.2. The van der Waals surface area contributed by atoms with Crippen molar-refractivity contribution in [2.24, 2.45) is 7.05 Å². The number of hydrogen-bond donors (Lipinski definition) is 2. The summed E-state index contributed by atoms with van der Waals surface area (Å²) in [6, 6.07) is 24.0. The van der Waals surface area contributed by atoms with Gasteiger partial charge in [0.15, 0.2) is 11.4 Å². The van der Waals surface area contributed by atoms with E-state index in [0.29, 0.717) is 18.7 Å². The highest BCUT2D eigenvalue weighted by atomic mass is 32.2. The van der Waals surface area contributed by atoms with Gasteiger partial charge in [0.1, 0.15) is 12.9 Å². The standard InChI is InChI=1S/C32H34N4O5S/c1-3-15-39-32(38)33-18-23-5-4-6-27(16-23)24-11-13-26(14-12-24)30-40-28(20-42-31-35-34-21-36(31)2)17-29(41-30)25-9-7-22(19-37)8-10-25/h3-14,16,21,28-30,37H,1,15,17-20H2,2H3,(H,33,38). The second kappa shape index (κ2) is 14.3. The van der Waals surface area contributed by atoms with Crippen LogP contribution in [0.3, 0.4) is 0 Å². The van der Waals surface area contributed by atoms with E-state index in [0.717, 1.165) is 38.5 Å². The molecule has 2 heterocycles. The number of nitrogens with one attached hydrogen (secondary N) is 1. The molecule has 1 aliphatic rings. The van der Waals surface area contributed by atoms with Crippen molar-refractivity contribution in [2.75, 3.05) is 12.4 Å². The second-order valence-electron chi connectivity index (χ2n) is 9.95. The smallest absolute Gasteiger partial charge is 0.407 e. The largest absolute Gasteiger partial charge is 0.445 e. The van der Waals surface area contributed by atoms with E-state index in [1.165, 1.54) is 6.08 Å². The molecule has 10 heteroatoms. The zero-order valence-corrected chi connectivity index (χ0v) is 24.2. The number of aromatic nitrogens is 3. The van der Waals surface area contributed by atoms with Gasteiger partial charge >= 0.3 is 6.09 Å². The Morgan fingerprint density at radius 2 is 1.88 bits per heavy atom. The van der Waals surface area contributed by atoms with Crippen LogP contribution < -0.4 is 5.32 Å². The van der Waals surface area contributed by atoms with Crippen LogP contribution in [-0.4, -0.2) is 44.4 Å². The average Bonchev–Trinajstić information content (AvgIpc) is 3.46. The molecule has 2 N–H and O–H groups in total. The zero-order valence-electron chi connectivity index (χ0n) is 23.4. The van der Waals surface area contributed by atoms with Crippen LogP contribution in [0.4, 0.5) is 4.79 Å². The lowest BCUT2D eigenvalue weighted by atomic mass is 9.99. The third-order valence-corrected chi connectivity index (χ3v) is 8.06. The van der Waals surface area contributed by atoms with Gasteiger partial charge in [-0.2, -0.15) is 0 Å². The van der Waals surface area contributed by atoms with E-state index in [1.807, 2.05) is 72.3 Å². The predicted molar refractivity (Wildman–Crippen MR) is 160 cm³/mol. The Kier molecular flexibility index (Phi) is 10.0. The Morgan fingerprint density at radius 1 is 1.10 bits per heavy atom. The lowest BCUT2D eigenvalue weighted by Crippen LogP contribution is -2.31. The van der Waals surface area contributed by atoms with Crippen molar-refractivity contribution in [1.29, 1.82) is 0 Å². The number of aliphatic hydroxyl groups is 1. The van der Waals surface area contributed by atoms with Crippen molar-refractivity contribution >= 4 is 17.9 Å². The molecule has 218 valence electrons. The normalized spacial score (nSPS) is 18.4. The van der Waals surface area contributed by atoms with Crippen LogP contribution in [-0.2, 0) is 34.4 Å². The lowest BCUT2D eigenvalue weighted by molar-refractivity contribution is -0.245. The minimum Gasteiger partial charge on any atom is -0.445 e. The molecular formula is C32H34N4O5S. The summed E-state index contributed by atoms with van der Waals surface area (Å²) >= 11 is 1.61. The molecule has 1 amide bonds. The molecule has 0 saturated carbocycles. The fraction of sp³-hybridized carbons (Fsp3) is 0.281. The molecule has 5 rings (SSSR count). The number of nitrogens with zero attached hydrogens (tertiary/aromatic N) is 3. The quantitative estimate of drug-likeness (QED) is 0.170. The lowest BCUT2D eigenvalue weighted by Gasteiger charge is -2.36. The van der Waals surface area contributed by atoms with Crippen molar-refractivity contribution < 1.29 is 24.1 Å². The molecule has 0 bridgehead atoms. The molecule has 0 radical (unpaired) electrons. The van der Waals surface area contributed by atoms with Gasteiger partial charge in [-0.25, -0.2) is 4.79 Å². The fourth-order valence-corrected chi connectivity index (χ4v) is 5.55. The first kappa shape index (κ1) is 29.5. The Hall–Kier alpha value is -3.96. The molecule has 3 unspecified atom stereocenters. The Morgan fingerprint density at radius 3 is 2.60 bits per heavy atom. The fourth-order valence-electron chi connectivity index (χ4n) is 4.65. The first-order valence-electron chi connectivity index (χ1n) is 13.7. The van der Waals surface area contributed by atoms with Gasteiger partial charge in [0, 0.05) is 31.3 Å². The van der Waals surface area contributed by atoms with Crippen LogP contribution in [0.1, 0.15) is 41.1 Å². The maximum atomic E-state index is 11.8. The second-order valence-corrected chi connectivity index (χ2v) is 10.9. The summed E-state index contributed by atoms with van der Waals surface area (Å²) in [5.74, 6) is 0.706. The van der Waals surface area contributed by atoms with Crippen LogP contribution in [0, 0.1) is 0 Å². The highest BCUT2D eigenvalue weighted by Crippen LogP contribution is 2.39. The van der Waals surface area contributed by atoms with Crippen molar-refractivity contribution in [3.05, 3.63) is 114 Å². The van der Waals surface area contributed by atoms with Crippen LogP contribution >= 0.6 is 11.8 Å². The van der Waals surface area contributed by atoms with Crippen molar-refractivity contribution in [3.63, 3.8) is 0 Å². The van der Waals surface area contributed by atoms with Crippen LogP contribution in [0.2, 0.25) is 0 Å². The number of aliphatic hydroxyl groups excluding tert-OH is 1. The number of amides is 1. The number of rotatable bonds is 11. The molecule has 1 aromatic heterocycles. The minimum absolute atomic E-state index is 0.00253. The molecule has 1 aliphatic heterocycles. The van der Waals surface area contributed by atoms with Crippen molar-refractivity contribution in [1.82, 2.24) is 20.1 Å². The van der Waals surface area contributed by atoms with Gasteiger partial charge in [0.2, 0.25) is 0 Å². The molecular weight excluding hydrogens is 552 g/mol. The summed E-state index contributed by atoms with van der Waals surface area (Å²) in [6.45, 7) is 4.08. The SMILES string of the molecule is C=CCOC(=O)NCc1cccc(-c2ccc(C3OC(CSc4nncn4C)CC(c4ccc(CO)cc4)O3)cc2)c1. The highest BCUT2D eigenvalue weighted by molar-refractivity contribution is 7.99. The molecule has 0 spiro atoms. The molecule has 3 aromatic carbocycles. The number of alkyl carbamates (subject to hydrolysis) is 1. The monoisotopic (exact) mass is 586 g/mol. The number of carbonyl (C=O) groups excluding carboxylic acids is 1. The maximum Gasteiger partial charge on any atom is 0.407 e. The zero-order chi connectivity index (χ0) is 29.3. The third-order valence-electron chi connectivity index (χ3n) is 6.90. The van der Waals surface area contributed by atoms with Gasteiger partial charge in [-0.15, -0.1) is 10.2 Å². The van der Waals surface area contributed by atoms with E-state index >= 15 is 0 Å². The van der Waals surface area contributed by atoms with Crippen molar-refractivity contribution in [2.45, 2.75) is 43.2 Å². The van der Waals surface area contributed by atoms with Crippen LogP contribution in [0.25, 0.3) is 11.1 Å². The number of ether oxygens (including phenoxy) is 3.